The number of pyridine rings is 1. The van der Waals surface area contributed by atoms with Crippen LogP contribution >= 0.6 is 0 Å². The molecule has 0 bridgehead atoms. The van der Waals surface area contributed by atoms with Crippen molar-refractivity contribution in [3.05, 3.63) is 102 Å². The number of carbonyl (C=O) groups excluding carboxylic acids is 1. The van der Waals surface area contributed by atoms with Gasteiger partial charge in [0.05, 0.1) is 5.69 Å². The molecule has 8 heteroatoms. The zero-order valence-corrected chi connectivity index (χ0v) is 20.1. The van der Waals surface area contributed by atoms with E-state index in [1.54, 1.807) is 12.1 Å². The topological polar surface area (TPSA) is 83.0 Å². The van der Waals surface area contributed by atoms with E-state index < -0.39 is 17.9 Å². The number of benzene rings is 2. The quantitative estimate of drug-likeness (QED) is 0.336. The Morgan fingerprint density at radius 3 is 2.46 bits per heavy atom. The Hall–Kier alpha value is -4.33. The van der Waals surface area contributed by atoms with Crippen LogP contribution in [0.5, 0.6) is 5.75 Å². The van der Waals surface area contributed by atoms with Crippen molar-refractivity contribution in [3.8, 4) is 28.3 Å². The number of halogens is 2. The van der Waals surface area contributed by atoms with E-state index >= 15 is 0 Å². The lowest BCUT2D eigenvalue weighted by atomic mass is 9.97. The van der Waals surface area contributed by atoms with Gasteiger partial charge in [0.1, 0.15) is 23.1 Å². The first-order chi connectivity index (χ1) is 17.9. The highest BCUT2D eigenvalue weighted by molar-refractivity contribution is 5.75. The van der Waals surface area contributed by atoms with Crippen molar-refractivity contribution in [2.75, 3.05) is 6.61 Å². The van der Waals surface area contributed by atoms with Gasteiger partial charge in [-0.2, -0.15) is 0 Å². The van der Waals surface area contributed by atoms with Crippen molar-refractivity contribution in [2.45, 2.75) is 31.5 Å². The summed E-state index contributed by atoms with van der Waals surface area (Å²) in [5.74, 6) is -0.508. The van der Waals surface area contributed by atoms with Gasteiger partial charge in [-0.1, -0.05) is 48.6 Å². The van der Waals surface area contributed by atoms with E-state index in [1.807, 2.05) is 47.3 Å². The van der Waals surface area contributed by atoms with Crippen molar-refractivity contribution in [1.82, 2.24) is 14.5 Å². The van der Waals surface area contributed by atoms with Crippen molar-refractivity contribution in [3.63, 3.8) is 0 Å². The summed E-state index contributed by atoms with van der Waals surface area (Å²) in [6, 6.07) is 17.6. The lowest BCUT2D eigenvalue weighted by Gasteiger charge is -2.14. The highest BCUT2D eigenvalue weighted by atomic mass is 19.2. The van der Waals surface area contributed by atoms with Crippen molar-refractivity contribution >= 4 is 5.91 Å². The van der Waals surface area contributed by atoms with Crippen LogP contribution in [-0.4, -0.2) is 33.2 Å². The number of alkyl halides is 1. The van der Waals surface area contributed by atoms with E-state index in [-0.39, 0.29) is 18.9 Å². The first-order valence-corrected chi connectivity index (χ1v) is 12.0. The minimum atomic E-state index is -1.64. The van der Waals surface area contributed by atoms with Crippen LogP contribution in [0.25, 0.3) is 22.5 Å². The number of nitrogens with two attached hydrogens (primary N) is 1. The smallest absolute Gasteiger partial charge is 0.255 e. The molecule has 0 fully saturated rings. The van der Waals surface area contributed by atoms with Crippen LogP contribution in [-0.2, 0) is 11.3 Å². The van der Waals surface area contributed by atoms with E-state index in [9.17, 15) is 13.6 Å². The van der Waals surface area contributed by atoms with Gasteiger partial charge < -0.3 is 15.0 Å². The van der Waals surface area contributed by atoms with Crippen LogP contribution < -0.4 is 10.5 Å². The zero-order chi connectivity index (χ0) is 25.8. The number of hydrogen-bond acceptors (Lipinski definition) is 4. The van der Waals surface area contributed by atoms with E-state index in [0.29, 0.717) is 24.5 Å². The van der Waals surface area contributed by atoms with Crippen LogP contribution in [0.4, 0.5) is 8.78 Å². The minimum Gasteiger partial charge on any atom is -0.484 e. The molecule has 6 nitrogen and oxygen atoms in total. The molecule has 0 saturated heterocycles. The summed E-state index contributed by atoms with van der Waals surface area (Å²) in [7, 11) is 0. The fourth-order valence-corrected chi connectivity index (χ4v) is 4.30. The van der Waals surface area contributed by atoms with Crippen LogP contribution in [0, 0.1) is 0 Å². The van der Waals surface area contributed by atoms with Gasteiger partial charge in [0.15, 0.2) is 12.8 Å². The summed E-state index contributed by atoms with van der Waals surface area (Å²) < 4.78 is 35.2. The van der Waals surface area contributed by atoms with Crippen LogP contribution in [0.15, 0.2) is 91.0 Å². The molecular weight excluding hydrogens is 474 g/mol. The van der Waals surface area contributed by atoms with E-state index in [1.165, 1.54) is 6.08 Å². The van der Waals surface area contributed by atoms with Gasteiger partial charge in [-0.3, -0.25) is 4.79 Å². The molecule has 2 aliphatic heterocycles. The molecule has 5 rings (SSSR count). The number of aromatic nitrogens is 3. The van der Waals surface area contributed by atoms with E-state index in [2.05, 4.69) is 34.2 Å². The van der Waals surface area contributed by atoms with Gasteiger partial charge in [-0.25, -0.2) is 18.7 Å². The fraction of sp³-hybridized carbons (Fsp3) is 0.207. The third-order valence-electron chi connectivity index (χ3n) is 6.24. The van der Waals surface area contributed by atoms with Gasteiger partial charge in [-0.05, 0) is 53.8 Å². The maximum Gasteiger partial charge on any atom is 0.255 e. The third-order valence-corrected chi connectivity index (χ3v) is 6.24. The second kappa shape index (κ2) is 10.7. The number of nitrogens with zero attached hydrogens (tertiary/aromatic N) is 3. The van der Waals surface area contributed by atoms with Gasteiger partial charge in [0.25, 0.3) is 5.91 Å². The molecule has 2 N–H and O–H groups in total. The van der Waals surface area contributed by atoms with E-state index in [0.717, 1.165) is 28.1 Å². The van der Waals surface area contributed by atoms with Gasteiger partial charge in [0, 0.05) is 24.9 Å². The molecule has 0 spiro atoms. The number of fused-ring (bicyclic) bond motifs is 1. The number of hydrogen-bond donors (Lipinski definition) is 1. The number of primary amides is 1. The molecule has 2 unspecified atom stereocenters. The van der Waals surface area contributed by atoms with Crippen molar-refractivity contribution in [2.24, 2.45) is 5.73 Å². The van der Waals surface area contributed by atoms with Crippen LogP contribution in [0.3, 0.4) is 0 Å². The molecule has 2 atom stereocenters. The number of amides is 1. The Bertz CT molecular complexity index is 1410. The molecule has 3 aliphatic rings. The van der Waals surface area contributed by atoms with Gasteiger partial charge >= 0.3 is 0 Å². The summed E-state index contributed by atoms with van der Waals surface area (Å²) >= 11 is 0. The fourth-order valence-electron chi connectivity index (χ4n) is 4.30. The predicted octanol–water partition coefficient (Wildman–Crippen LogP) is 5.59. The number of ether oxygens (including phenoxy) is 1. The first-order valence-electron chi connectivity index (χ1n) is 12.0. The number of carbonyl (C=O) groups is 1. The SMILES string of the molecule is NC(=O)COc1ccc(-c2ccc(Cn3ccc4nc(C5/C=C\C/C=C(/F)C(F)C5)nc-4c3)cc2)cc1. The van der Waals surface area contributed by atoms with Crippen molar-refractivity contribution < 1.29 is 18.3 Å². The van der Waals surface area contributed by atoms with Gasteiger partial charge in [-0.15, -0.1) is 0 Å². The summed E-state index contributed by atoms with van der Waals surface area (Å²) in [6.07, 6.45) is 7.53. The summed E-state index contributed by atoms with van der Waals surface area (Å²) in [6.45, 7) is 0.493. The second-order valence-corrected chi connectivity index (χ2v) is 9.01. The molecular formula is C29H26F2N4O2. The number of imidazole rings is 1. The zero-order valence-electron chi connectivity index (χ0n) is 20.1. The summed E-state index contributed by atoms with van der Waals surface area (Å²) in [5.41, 5.74) is 9.75. The lowest BCUT2D eigenvalue weighted by molar-refractivity contribution is -0.119. The Morgan fingerprint density at radius 1 is 1.03 bits per heavy atom. The van der Waals surface area contributed by atoms with Crippen LogP contribution in [0.1, 0.15) is 30.1 Å². The molecule has 2 heterocycles. The maximum absolute atomic E-state index is 14.2. The monoisotopic (exact) mass is 500 g/mol. The largest absolute Gasteiger partial charge is 0.484 e. The third kappa shape index (κ3) is 5.91. The summed E-state index contributed by atoms with van der Waals surface area (Å²) in [5, 5.41) is 0. The Balaban J connectivity index is 1.27. The molecule has 0 saturated carbocycles. The maximum atomic E-state index is 14.2. The van der Waals surface area contributed by atoms with Gasteiger partial charge in [0.2, 0.25) is 0 Å². The van der Waals surface area contributed by atoms with Crippen molar-refractivity contribution in [1.29, 1.82) is 0 Å². The average molecular weight is 501 g/mol. The molecule has 37 heavy (non-hydrogen) atoms. The highest BCUT2D eigenvalue weighted by Crippen LogP contribution is 2.31. The first kappa shape index (κ1) is 24.4. The molecule has 0 radical (unpaired) electrons. The highest BCUT2D eigenvalue weighted by Gasteiger charge is 2.24. The Labute approximate surface area is 213 Å². The Kier molecular flexibility index (Phi) is 7.07. The number of rotatable bonds is 7. The molecule has 1 aliphatic carbocycles. The molecule has 2 aromatic carbocycles. The second-order valence-electron chi connectivity index (χ2n) is 9.01. The molecule has 2 aromatic rings. The molecule has 0 aromatic heterocycles. The normalized spacial score (nSPS) is 20.0. The summed E-state index contributed by atoms with van der Waals surface area (Å²) in [4.78, 5) is 20.1. The lowest BCUT2D eigenvalue weighted by Crippen LogP contribution is -2.19. The predicted molar refractivity (Wildman–Crippen MR) is 138 cm³/mol. The average Bonchev–Trinajstić information content (AvgIpc) is 3.32. The minimum absolute atomic E-state index is 0.00930. The number of allylic oxidation sites excluding steroid dienone is 4. The molecule has 1 amide bonds. The Morgan fingerprint density at radius 2 is 1.73 bits per heavy atom. The van der Waals surface area contributed by atoms with E-state index in [4.69, 9.17) is 10.5 Å². The van der Waals surface area contributed by atoms with Crippen LogP contribution in [0.2, 0.25) is 0 Å². The molecule has 188 valence electrons. The standard InChI is InChI=1S/C29H26F2N4O2/c30-24-4-2-1-3-22(15-25(24)31)29-33-26-13-14-35(17-27(26)34-29)16-19-5-7-20(8-6-19)21-9-11-23(12-10-21)37-18-28(32)36/h1,3-14,17,22,25H,2,15-16,18H2,(H2,32,36)/b3-1-,24-4+.